The Balaban J connectivity index is 2.17. The van der Waals surface area contributed by atoms with Gasteiger partial charge in [-0.1, -0.05) is 13.0 Å². The summed E-state index contributed by atoms with van der Waals surface area (Å²) in [6.07, 6.45) is 2.07. The smallest absolute Gasteiger partial charge is 0.242 e. The van der Waals surface area contributed by atoms with Crippen molar-refractivity contribution in [3.05, 3.63) is 40.7 Å². The van der Waals surface area contributed by atoms with Crippen molar-refractivity contribution >= 4 is 27.2 Å². The first-order valence-corrected chi connectivity index (χ1v) is 9.18. The van der Waals surface area contributed by atoms with Gasteiger partial charge in [-0.25, -0.2) is 18.1 Å². The fourth-order valence-corrected chi connectivity index (χ4v) is 4.09. The van der Waals surface area contributed by atoms with Crippen molar-refractivity contribution in [2.45, 2.75) is 31.2 Å². The van der Waals surface area contributed by atoms with Crippen LogP contribution in [0.5, 0.6) is 0 Å². The summed E-state index contributed by atoms with van der Waals surface area (Å²) in [6, 6.07) is 6.89. The van der Waals surface area contributed by atoms with E-state index < -0.39 is 10.0 Å². The Morgan fingerprint density at radius 2 is 2.10 bits per heavy atom. The molecule has 1 atom stereocenters. The van der Waals surface area contributed by atoms with Gasteiger partial charge in [0.05, 0.1) is 6.04 Å². The lowest BCUT2D eigenvalue weighted by Gasteiger charge is -2.15. The normalized spacial score (nSPS) is 13.0. The summed E-state index contributed by atoms with van der Waals surface area (Å²) in [5, 5.41) is 4.98. The van der Waals surface area contributed by atoms with Crippen LogP contribution >= 0.6 is 11.3 Å². The summed E-state index contributed by atoms with van der Waals surface area (Å²) in [5.74, 6) is 0.668. The molecule has 0 amide bonds. The Morgan fingerprint density at radius 1 is 1.29 bits per heavy atom. The number of nitrogens with zero attached hydrogens (tertiary/aromatic N) is 1. The van der Waals surface area contributed by atoms with Crippen molar-refractivity contribution in [1.82, 2.24) is 9.71 Å². The number of sulfonamides is 1. The van der Waals surface area contributed by atoms with Gasteiger partial charge in [0.15, 0.2) is 0 Å². The van der Waals surface area contributed by atoms with Gasteiger partial charge in [-0.05, 0) is 36.9 Å². The molecule has 7 heteroatoms. The number of hydrogen-bond donors (Lipinski definition) is 2. The van der Waals surface area contributed by atoms with E-state index in [1.54, 1.807) is 23.5 Å². The minimum atomic E-state index is -3.56. The van der Waals surface area contributed by atoms with Crippen molar-refractivity contribution in [2.24, 2.45) is 0 Å². The Bertz CT molecular complexity index is 652. The first kappa shape index (κ1) is 15.9. The van der Waals surface area contributed by atoms with Crippen LogP contribution in [0.1, 0.15) is 31.2 Å². The van der Waals surface area contributed by atoms with E-state index >= 15 is 0 Å². The van der Waals surface area contributed by atoms with Gasteiger partial charge < -0.3 is 5.32 Å². The van der Waals surface area contributed by atoms with Crippen LogP contribution in [0.4, 0.5) is 5.82 Å². The van der Waals surface area contributed by atoms with Crippen LogP contribution in [-0.4, -0.2) is 19.9 Å². The van der Waals surface area contributed by atoms with Crippen molar-refractivity contribution in [2.75, 3.05) is 11.9 Å². The molecule has 21 heavy (non-hydrogen) atoms. The highest BCUT2D eigenvalue weighted by Gasteiger charge is 2.21. The van der Waals surface area contributed by atoms with Crippen molar-refractivity contribution in [1.29, 1.82) is 0 Å². The zero-order valence-electron chi connectivity index (χ0n) is 12.0. The second-order valence-electron chi connectivity index (χ2n) is 4.51. The molecule has 2 aromatic rings. The third-order valence-corrected chi connectivity index (χ3v) is 5.44. The molecule has 0 aliphatic rings. The molecule has 0 radical (unpaired) electrons. The van der Waals surface area contributed by atoms with Crippen LogP contribution in [0.2, 0.25) is 0 Å². The third kappa shape index (κ3) is 4.03. The molecule has 0 aromatic carbocycles. The van der Waals surface area contributed by atoms with Crippen molar-refractivity contribution < 1.29 is 8.42 Å². The Labute approximate surface area is 129 Å². The van der Waals surface area contributed by atoms with E-state index in [9.17, 15) is 8.42 Å². The van der Waals surface area contributed by atoms with Gasteiger partial charge in [-0.15, -0.1) is 11.3 Å². The van der Waals surface area contributed by atoms with Gasteiger partial charge in [0.25, 0.3) is 0 Å². The fourth-order valence-electron chi connectivity index (χ4n) is 1.91. The average molecular weight is 325 g/mol. The van der Waals surface area contributed by atoms with Crippen molar-refractivity contribution in [3.8, 4) is 0 Å². The van der Waals surface area contributed by atoms with Crippen LogP contribution in [0, 0.1) is 0 Å². The van der Waals surface area contributed by atoms with Gasteiger partial charge in [0.2, 0.25) is 10.0 Å². The van der Waals surface area contributed by atoms with E-state index in [4.69, 9.17) is 0 Å². The number of nitrogens with one attached hydrogen (secondary N) is 2. The molecular weight excluding hydrogens is 306 g/mol. The Kier molecular flexibility index (Phi) is 5.33. The van der Waals surface area contributed by atoms with Gasteiger partial charge >= 0.3 is 0 Å². The predicted octanol–water partition coefficient (Wildman–Crippen LogP) is 3.00. The number of anilines is 1. The van der Waals surface area contributed by atoms with Crippen LogP contribution in [0.3, 0.4) is 0 Å². The monoisotopic (exact) mass is 325 g/mol. The molecule has 0 aliphatic heterocycles. The average Bonchev–Trinajstić information content (AvgIpc) is 3.00. The molecule has 0 fully saturated rings. The number of aromatic nitrogens is 1. The first-order chi connectivity index (χ1) is 10.1. The van der Waals surface area contributed by atoms with Crippen LogP contribution in [-0.2, 0) is 10.0 Å². The van der Waals surface area contributed by atoms with Gasteiger partial charge in [-0.3, -0.25) is 0 Å². The Hall–Kier alpha value is -1.44. The topological polar surface area (TPSA) is 71.1 Å². The lowest BCUT2D eigenvalue weighted by atomic mass is 10.2. The molecule has 2 rings (SSSR count). The summed E-state index contributed by atoms with van der Waals surface area (Å²) in [5.41, 5.74) is 0. The molecule has 0 aliphatic carbocycles. The van der Waals surface area contributed by atoms with E-state index in [0.717, 1.165) is 11.4 Å². The zero-order chi connectivity index (χ0) is 15.3. The fraction of sp³-hybridized carbons (Fsp3) is 0.357. The van der Waals surface area contributed by atoms with Gasteiger partial charge in [0, 0.05) is 17.6 Å². The maximum Gasteiger partial charge on any atom is 0.242 e. The molecule has 2 aromatic heterocycles. The van der Waals surface area contributed by atoms with Gasteiger partial charge in [-0.2, -0.15) is 0 Å². The molecule has 1 unspecified atom stereocenters. The summed E-state index contributed by atoms with van der Waals surface area (Å²) in [7, 11) is -3.56. The van der Waals surface area contributed by atoms with E-state index in [2.05, 4.69) is 15.0 Å². The molecule has 0 saturated carbocycles. The molecule has 0 bridgehead atoms. The zero-order valence-corrected chi connectivity index (χ0v) is 13.7. The standard InChI is InChI=1S/C14H19N3O2S2/c1-3-12(13-6-5-9-20-13)17-21(18,19)11-7-8-14(15-4-2)16-10-11/h5-10,12,17H,3-4H2,1-2H3,(H,15,16). The van der Waals surface area contributed by atoms with E-state index in [1.165, 1.54) is 6.20 Å². The molecular formula is C14H19N3O2S2. The number of thiophene rings is 1. The maximum atomic E-state index is 12.4. The highest BCUT2D eigenvalue weighted by Crippen LogP contribution is 2.24. The summed E-state index contributed by atoms with van der Waals surface area (Å²) < 4.78 is 27.5. The molecule has 0 spiro atoms. The Morgan fingerprint density at radius 3 is 2.62 bits per heavy atom. The summed E-state index contributed by atoms with van der Waals surface area (Å²) >= 11 is 1.55. The highest BCUT2D eigenvalue weighted by atomic mass is 32.2. The first-order valence-electron chi connectivity index (χ1n) is 6.82. The lowest BCUT2D eigenvalue weighted by molar-refractivity contribution is 0.553. The van der Waals surface area contributed by atoms with Gasteiger partial charge in [0.1, 0.15) is 10.7 Å². The lowest BCUT2D eigenvalue weighted by Crippen LogP contribution is -2.28. The van der Waals surface area contributed by atoms with E-state index in [0.29, 0.717) is 12.2 Å². The quantitative estimate of drug-likeness (QED) is 0.821. The number of pyridine rings is 1. The second kappa shape index (κ2) is 7.02. The number of hydrogen-bond acceptors (Lipinski definition) is 5. The van der Waals surface area contributed by atoms with E-state index in [-0.39, 0.29) is 10.9 Å². The van der Waals surface area contributed by atoms with Crippen molar-refractivity contribution in [3.63, 3.8) is 0 Å². The molecule has 5 nitrogen and oxygen atoms in total. The number of rotatable bonds is 7. The summed E-state index contributed by atoms with van der Waals surface area (Å²) in [4.78, 5) is 5.29. The minimum Gasteiger partial charge on any atom is -0.370 e. The van der Waals surface area contributed by atoms with E-state index in [1.807, 2.05) is 31.4 Å². The molecule has 114 valence electrons. The SMILES string of the molecule is CCNc1ccc(S(=O)(=O)NC(CC)c2cccs2)cn1. The molecule has 2 heterocycles. The van der Waals surface area contributed by atoms with Crippen LogP contribution in [0.15, 0.2) is 40.7 Å². The largest absolute Gasteiger partial charge is 0.370 e. The highest BCUT2D eigenvalue weighted by molar-refractivity contribution is 7.89. The third-order valence-electron chi connectivity index (χ3n) is 3.00. The minimum absolute atomic E-state index is 0.180. The molecule has 0 saturated heterocycles. The van der Waals surface area contributed by atoms with Crippen LogP contribution in [0.25, 0.3) is 0 Å². The second-order valence-corrected chi connectivity index (χ2v) is 7.20. The molecule has 2 N–H and O–H groups in total. The predicted molar refractivity (Wildman–Crippen MR) is 86.1 cm³/mol. The van der Waals surface area contributed by atoms with Crippen LogP contribution < -0.4 is 10.0 Å². The maximum absolute atomic E-state index is 12.4. The summed E-state index contributed by atoms with van der Waals surface area (Å²) in [6.45, 7) is 4.66.